The largest absolute Gasteiger partial charge is 0.327 e. The first kappa shape index (κ1) is 13.3. The SMILES string of the molecule is NCc1ccc2c(c1)C(Cc1ccccc1)C(N)CC2. The van der Waals surface area contributed by atoms with Crippen molar-refractivity contribution in [1.29, 1.82) is 0 Å². The lowest BCUT2D eigenvalue weighted by molar-refractivity contribution is 0.467. The van der Waals surface area contributed by atoms with Crippen molar-refractivity contribution in [3.05, 3.63) is 70.8 Å². The Morgan fingerprint density at radius 2 is 1.80 bits per heavy atom. The highest BCUT2D eigenvalue weighted by molar-refractivity contribution is 5.39. The Balaban J connectivity index is 1.94. The summed E-state index contributed by atoms with van der Waals surface area (Å²) in [5, 5.41) is 0. The maximum absolute atomic E-state index is 6.40. The van der Waals surface area contributed by atoms with E-state index in [1.807, 2.05) is 0 Å². The molecule has 0 heterocycles. The van der Waals surface area contributed by atoms with Gasteiger partial charge in [0.1, 0.15) is 0 Å². The minimum Gasteiger partial charge on any atom is -0.327 e. The minimum atomic E-state index is 0.246. The van der Waals surface area contributed by atoms with Gasteiger partial charge in [0, 0.05) is 18.5 Å². The Hall–Kier alpha value is -1.64. The van der Waals surface area contributed by atoms with Crippen LogP contribution in [0.3, 0.4) is 0 Å². The van der Waals surface area contributed by atoms with E-state index in [0.717, 1.165) is 19.3 Å². The third kappa shape index (κ3) is 2.62. The topological polar surface area (TPSA) is 52.0 Å². The Morgan fingerprint density at radius 3 is 2.55 bits per heavy atom. The van der Waals surface area contributed by atoms with Crippen molar-refractivity contribution in [3.8, 4) is 0 Å². The quantitative estimate of drug-likeness (QED) is 0.897. The number of hydrogen-bond acceptors (Lipinski definition) is 2. The van der Waals surface area contributed by atoms with Crippen LogP contribution < -0.4 is 11.5 Å². The van der Waals surface area contributed by atoms with Gasteiger partial charge in [0.2, 0.25) is 0 Å². The number of benzene rings is 2. The fourth-order valence-electron chi connectivity index (χ4n) is 3.23. The maximum atomic E-state index is 6.40. The summed E-state index contributed by atoms with van der Waals surface area (Å²) in [6.07, 6.45) is 3.18. The predicted molar refractivity (Wildman–Crippen MR) is 83.5 cm³/mol. The molecular formula is C18H22N2. The van der Waals surface area contributed by atoms with Gasteiger partial charge in [0.15, 0.2) is 0 Å². The number of rotatable bonds is 3. The third-order valence-corrected chi connectivity index (χ3v) is 4.41. The monoisotopic (exact) mass is 266 g/mol. The highest BCUT2D eigenvalue weighted by atomic mass is 14.7. The minimum absolute atomic E-state index is 0.246. The van der Waals surface area contributed by atoms with E-state index in [4.69, 9.17) is 11.5 Å². The van der Waals surface area contributed by atoms with Crippen molar-refractivity contribution in [2.75, 3.05) is 0 Å². The lowest BCUT2D eigenvalue weighted by Gasteiger charge is -2.32. The average molecular weight is 266 g/mol. The molecule has 0 saturated carbocycles. The Labute approximate surface area is 120 Å². The smallest absolute Gasteiger partial charge is 0.0178 e. The molecule has 0 fully saturated rings. The predicted octanol–water partition coefficient (Wildman–Crippen LogP) is 2.75. The van der Waals surface area contributed by atoms with Crippen molar-refractivity contribution in [3.63, 3.8) is 0 Å². The fourth-order valence-corrected chi connectivity index (χ4v) is 3.23. The molecule has 2 aromatic carbocycles. The van der Waals surface area contributed by atoms with E-state index in [-0.39, 0.29) is 6.04 Å². The molecule has 3 rings (SSSR count). The van der Waals surface area contributed by atoms with Crippen LogP contribution in [-0.4, -0.2) is 6.04 Å². The van der Waals surface area contributed by atoms with Gasteiger partial charge in [-0.2, -0.15) is 0 Å². The summed E-state index contributed by atoms with van der Waals surface area (Å²) in [5.74, 6) is 0.410. The van der Waals surface area contributed by atoms with Gasteiger partial charge in [-0.3, -0.25) is 0 Å². The number of hydrogen-bond donors (Lipinski definition) is 2. The van der Waals surface area contributed by atoms with E-state index < -0.39 is 0 Å². The van der Waals surface area contributed by atoms with Crippen molar-refractivity contribution < 1.29 is 0 Å². The summed E-state index contributed by atoms with van der Waals surface area (Å²) in [6, 6.07) is 17.5. The van der Waals surface area contributed by atoms with Crippen LogP contribution in [0.2, 0.25) is 0 Å². The molecule has 1 aliphatic carbocycles. The molecule has 2 heteroatoms. The van der Waals surface area contributed by atoms with E-state index in [0.29, 0.717) is 12.5 Å². The molecule has 104 valence electrons. The molecule has 4 N–H and O–H groups in total. The summed E-state index contributed by atoms with van der Waals surface area (Å²) in [4.78, 5) is 0. The number of aryl methyl sites for hydroxylation is 1. The van der Waals surface area contributed by atoms with Gasteiger partial charge in [-0.1, -0.05) is 48.5 Å². The second-order valence-corrected chi connectivity index (χ2v) is 5.74. The van der Waals surface area contributed by atoms with Crippen LogP contribution in [0.1, 0.15) is 34.6 Å². The molecule has 0 saturated heterocycles. The number of fused-ring (bicyclic) bond motifs is 1. The molecular weight excluding hydrogens is 244 g/mol. The second-order valence-electron chi connectivity index (χ2n) is 5.74. The van der Waals surface area contributed by atoms with Crippen LogP contribution in [0.4, 0.5) is 0 Å². The summed E-state index contributed by atoms with van der Waals surface area (Å²) in [5.41, 5.74) is 17.6. The fraction of sp³-hybridized carbons (Fsp3) is 0.333. The van der Waals surface area contributed by atoms with Crippen LogP contribution >= 0.6 is 0 Å². The van der Waals surface area contributed by atoms with Crippen LogP contribution in [0.25, 0.3) is 0 Å². The van der Waals surface area contributed by atoms with Gasteiger partial charge in [0.05, 0.1) is 0 Å². The van der Waals surface area contributed by atoms with Gasteiger partial charge in [0.25, 0.3) is 0 Å². The Bertz CT molecular complexity index is 577. The normalized spacial score (nSPS) is 21.5. The molecule has 2 unspecified atom stereocenters. The molecule has 1 aliphatic rings. The van der Waals surface area contributed by atoms with Crippen LogP contribution in [0.15, 0.2) is 48.5 Å². The van der Waals surface area contributed by atoms with E-state index in [1.165, 1.54) is 22.3 Å². The Kier molecular flexibility index (Phi) is 3.86. The Morgan fingerprint density at radius 1 is 1.00 bits per heavy atom. The first-order valence-corrected chi connectivity index (χ1v) is 7.39. The standard InChI is InChI=1S/C18H22N2/c19-12-14-6-7-15-8-9-18(20)17(16(15)11-14)10-13-4-2-1-3-5-13/h1-7,11,17-18H,8-10,12,19-20H2. The zero-order valence-electron chi connectivity index (χ0n) is 11.8. The van der Waals surface area contributed by atoms with Crippen molar-refractivity contribution in [2.45, 2.75) is 37.8 Å². The first-order chi connectivity index (χ1) is 9.78. The molecule has 2 atom stereocenters. The van der Waals surface area contributed by atoms with Crippen molar-refractivity contribution in [1.82, 2.24) is 0 Å². The highest BCUT2D eigenvalue weighted by Crippen LogP contribution is 2.34. The number of nitrogens with two attached hydrogens (primary N) is 2. The molecule has 0 spiro atoms. The average Bonchev–Trinajstić information content (AvgIpc) is 2.51. The van der Waals surface area contributed by atoms with Gasteiger partial charge >= 0.3 is 0 Å². The maximum Gasteiger partial charge on any atom is 0.0178 e. The van der Waals surface area contributed by atoms with E-state index in [2.05, 4.69) is 48.5 Å². The third-order valence-electron chi connectivity index (χ3n) is 4.41. The summed E-state index contributed by atoms with van der Waals surface area (Å²) in [7, 11) is 0. The van der Waals surface area contributed by atoms with Crippen molar-refractivity contribution >= 4 is 0 Å². The van der Waals surface area contributed by atoms with Crippen LogP contribution in [-0.2, 0) is 19.4 Å². The van der Waals surface area contributed by atoms with Crippen LogP contribution in [0.5, 0.6) is 0 Å². The van der Waals surface area contributed by atoms with Gasteiger partial charge < -0.3 is 11.5 Å². The van der Waals surface area contributed by atoms with Gasteiger partial charge in [-0.25, -0.2) is 0 Å². The van der Waals surface area contributed by atoms with Gasteiger partial charge in [-0.15, -0.1) is 0 Å². The molecule has 2 nitrogen and oxygen atoms in total. The van der Waals surface area contributed by atoms with Crippen molar-refractivity contribution in [2.24, 2.45) is 11.5 Å². The molecule has 0 bridgehead atoms. The lowest BCUT2D eigenvalue weighted by atomic mass is 9.76. The summed E-state index contributed by atoms with van der Waals surface area (Å²) >= 11 is 0. The highest BCUT2D eigenvalue weighted by Gasteiger charge is 2.27. The molecule has 0 amide bonds. The first-order valence-electron chi connectivity index (χ1n) is 7.39. The molecule has 0 aromatic heterocycles. The molecule has 2 aromatic rings. The zero-order valence-corrected chi connectivity index (χ0v) is 11.8. The molecule has 0 radical (unpaired) electrons. The van der Waals surface area contributed by atoms with E-state index in [1.54, 1.807) is 0 Å². The molecule has 20 heavy (non-hydrogen) atoms. The van der Waals surface area contributed by atoms with E-state index >= 15 is 0 Å². The second kappa shape index (κ2) is 5.78. The summed E-state index contributed by atoms with van der Waals surface area (Å²) in [6.45, 7) is 0.598. The lowest BCUT2D eigenvalue weighted by Crippen LogP contribution is -2.34. The zero-order chi connectivity index (χ0) is 13.9. The van der Waals surface area contributed by atoms with Crippen LogP contribution in [0, 0.1) is 0 Å². The molecule has 0 aliphatic heterocycles. The van der Waals surface area contributed by atoms with E-state index in [9.17, 15) is 0 Å². The summed E-state index contributed by atoms with van der Waals surface area (Å²) < 4.78 is 0. The van der Waals surface area contributed by atoms with Gasteiger partial charge in [-0.05, 0) is 41.5 Å².